The monoisotopic (exact) mass is 702 g/mol. The Morgan fingerprint density at radius 1 is 0.880 bits per heavy atom. The summed E-state index contributed by atoms with van der Waals surface area (Å²) in [5.41, 5.74) is 5.50. The maximum atomic E-state index is 13.4. The summed E-state index contributed by atoms with van der Waals surface area (Å²) in [4.78, 5) is 21.2. The van der Waals surface area contributed by atoms with Gasteiger partial charge >= 0.3 is 0 Å². The van der Waals surface area contributed by atoms with Gasteiger partial charge in [0.15, 0.2) is 11.6 Å². The minimum Gasteiger partial charge on any atom is -0.507 e. The lowest BCUT2D eigenvalue weighted by molar-refractivity contribution is -0.122. The van der Waals surface area contributed by atoms with Crippen molar-refractivity contribution in [3.63, 3.8) is 0 Å². The minimum atomic E-state index is -0.961. The molecule has 4 aromatic carbocycles. The van der Waals surface area contributed by atoms with Crippen molar-refractivity contribution in [3.05, 3.63) is 124 Å². The molecule has 0 radical (unpaired) electrons. The molecule has 0 saturated carbocycles. The summed E-state index contributed by atoms with van der Waals surface area (Å²) in [6, 6.07) is 22.9. The van der Waals surface area contributed by atoms with Crippen LogP contribution in [0.3, 0.4) is 0 Å². The third-order valence-corrected chi connectivity index (χ3v) is 8.13. The molecule has 0 unspecified atom stereocenters. The summed E-state index contributed by atoms with van der Waals surface area (Å²) in [7, 11) is 0. The van der Waals surface area contributed by atoms with Crippen LogP contribution in [0, 0.1) is 11.6 Å². The Kier molecular flexibility index (Phi) is 11.3. The molecule has 5 aromatic rings. The summed E-state index contributed by atoms with van der Waals surface area (Å²) in [5, 5.41) is 19.1. The van der Waals surface area contributed by atoms with Crippen LogP contribution >= 0.6 is 11.6 Å². The van der Waals surface area contributed by atoms with E-state index in [1.54, 1.807) is 24.3 Å². The van der Waals surface area contributed by atoms with Gasteiger partial charge in [-0.3, -0.25) is 14.6 Å². The molecule has 0 bridgehead atoms. The number of nitrogens with zero attached hydrogens (tertiary/aromatic N) is 5. The molecule has 1 amide bonds. The molecule has 1 fully saturated rings. The Hall–Kier alpha value is -5.37. The van der Waals surface area contributed by atoms with Gasteiger partial charge in [0.05, 0.1) is 19.3 Å². The number of phenolic OH excluding ortho intramolecular Hbond substituents is 1. The third-order valence-electron chi connectivity index (χ3n) is 7.88. The van der Waals surface area contributed by atoms with E-state index in [4.69, 9.17) is 25.6 Å². The number of hydrazone groups is 1. The van der Waals surface area contributed by atoms with Crippen molar-refractivity contribution in [1.82, 2.24) is 25.4 Å². The molecule has 6 rings (SSSR count). The van der Waals surface area contributed by atoms with Gasteiger partial charge in [0, 0.05) is 54.5 Å². The Balaban J connectivity index is 0.895. The number of carbonyl (C=O) groups excluding carboxylic acids is 1. The molecule has 2 heterocycles. The van der Waals surface area contributed by atoms with Gasteiger partial charge in [-0.05, 0) is 47.5 Å². The number of aromatic nitrogens is 2. The summed E-state index contributed by atoms with van der Waals surface area (Å²) < 4.78 is 43.3. The van der Waals surface area contributed by atoms with Crippen LogP contribution in [0.2, 0.25) is 5.02 Å². The van der Waals surface area contributed by atoms with Crippen molar-refractivity contribution in [2.75, 3.05) is 32.7 Å². The van der Waals surface area contributed by atoms with Crippen molar-refractivity contribution in [2.24, 2.45) is 5.10 Å². The SMILES string of the molecule is O=C(CN1CCN(Cc2nc(-c3ccc(COc4ccc(F)c(F)c4)cc3)no2)CC1)NN=Cc1ccc(OCc2ccc(Cl)cc2)cc1O. The summed E-state index contributed by atoms with van der Waals surface area (Å²) in [6.45, 7) is 3.94. The highest BCUT2D eigenvalue weighted by atomic mass is 35.5. The van der Waals surface area contributed by atoms with Crippen LogP contribution < -0.4 is 14.9 Å². The van der Waals surface area contributed by atoms with Crippen LogP contribution in [0.4, 0.5) is 8.78 Å². The van der Waals surface area contributed by atoms with Gasteiger partial charge in [0.1, 0.15) is 30.5 Å². The number of phenols is 1. The summed E-state index contributed by atoms with van der Waals surface area (Å²) in [6.07, 6.45) is 1.38. The Morgan fingerprint density at radius 3 is 2.20 bits per heavy atom. The number of benzene rings is 4. The van der Waals surface area contributed by atoms with Gasteiger partial charge < -0.3 is 19.1 Å². The van der Waals surface area contributed by atoms with Gasteiger partial charge in [0.2, 0.25) is 11.7 Å². The quantitative estimate of drug-likeness (QED) is 0.116. The molecule has 1 saturated heterocycles. The first-order valence-corrected chi connectivity index (χ1v) is 16.1. The second-order valence-corrected chi connectivity index (χ2v) is 12.0. The average Bonchev–Trinajstić information content (AvgIpc) is 3.59. The van der Waals surface area contributed by atoms with E-state index < -0.39 is 11.6 Å². The molecular weight excluding hydrogens is 670 g/mol. The smallest absolute Gasteiger partial charge is 0.254 e. The number of rotatable bonds is 13. The van der Waals surface area contributed by atoms with E-state index in [-0.39, 0.29) is 30.6 Å². The first-order chi connectivity index (χ1) is 24.3. The zero-order valence-electron chi connectivity index (χ0n) is 26.8. The predicted octanol–water partition coefficient (Wildman–Crippen LogP) is 5.80. The van der Waals surface area contributed by atoms with E-state index in [9.17, 15) is 18.7 Å². The summed E-state index contributed by atoms with van der Waals surface area (Å²) in [5.74, 6) is -0.501. The summed E-state index contributed by atoms with van der Waals surface area (Å²) >= 11 is 5.91. The third kappa shape index (κ3) is 9.62. The highest BCUT2D eigenvalue weighted by Crippen LogP contribution is 2.24. The van der Waals surface area contributed by atoms with E-state index in [0.717, 1.165) is 28.8 Å². The van der Waals surface area contributed by atoms with Gasteiger partial charge in [-0.2, -0.15) is 10.1 Å². The maximum Gasteiger partial charge on any atom is 0.254 e. The van der Waals surface area contributed by atoms with Crippen LogP contribution in [-0.4, -0.2) is 69.9 Å². The molecule has 0 aliphatic carbocycles. The number of carbonyl (C=O) groups is 1. The Labute approximate surface area is 291 Å². The minimum absolute atomic E-state index is 0.0243. The number of ether oxygens (including phenoxy) is 2. The molecular formula is C36H33ClF2N6O5. The van der Waals surface area contributed by atoms with Gasteiger partial charge in [-0.15, -0.1) is 0 Å². The van der Waals surface area contributed by atoms with E-state index in [1.165, 1.54) is 18.3 Å². The normalized spacial score (nSPS) is 13.8. The number of halogens is 3. The molecule has 1 aliphatic heterocycles. The van der Waals surface area contributed by atoms with Crippen molar-refractivity contribution in [3.8, 4) is 28.6 Å². The largest absolute Gasteiger partial charge is 0.507 e. The number of amides is 1. The second-order valence-electron chi connectivity index (χ2n) is 11.6. The van der Waals surface area contributed by atoms with E-state index in [1.807, 2.05) is 41.3 Å². The van der Waals surface area contributed by atoms with E-state index >= 15 is 0 Å². The van der Waals surface area contributed by atoms with Crippen LogP contribution in [-0.2, 0) is 24.6 Å². The fourth-order valence-corrected chi connectivity index (χ4v) is 5.22. The lowest BCUT2D eigenvalue weighted by Gasteiger charge is -2.33. The number of aromatic hydroxyl groups is 1. The molecule has 1 aliphatic rings. The van der Waals surface area contributed by atoms with Gasteiger partial charge in [-0.25, -0.2) is 14.2 Å². The number of hydrogen-bond acceptors (Lipinski definition) is 10. The molecule has 50 heavy (non-hydrogen) atoms. The molecule has 2 N–H and O–H groups in total. The van der Waals surface area contributed by atoms with E-state index in [2.05, 4.69) is 25.6 Å². The average molecular weight is 703 g/mol. The molecule has 1 aromatic heterocycles. The molecule has 0 spiro atoms. The Bertz CT molecular complexity index is 1930. The highest BCUT2D eigenvalue weighted by molar-refractivity contribution is 6.30. The molecule has 14 heteroatoms. The fraction of sp³-hybridized carbons (Fsp3) is 0.222. The first-order valence-electron chi connectivity index (χ1n) is 15.7. The lowest BCUT2D eigenvalue weighted by atomic mass is 10.1. The van der Waals surface area contributed by atoms with Gasteiger partial charge in [-0.1, -0.05) is 53.2 Å². The molecule has 11 nitrogen and oxygen atoms in total. The van der Waals surface area contributed by atoms with Crippen LogP contribution in [0.15, 0.2) is 94.6 Å². The highest BCUT2D eigenvalue weighted by Gasteiger charge is 2.21. The van der Waals surface area contributed by atoms with Crippen molar-refractivity contribution in [1.29, 1.82) is 0 Å². The first kappa shape index (κ1) is 34.5. The number of piperazine rings is 1. The van der Waals surface area contributed by atoms with Crippen LogP contribution in [0.5, 0.6) is 17.2 Å². The van der Waals surface area contributed by atoms with Crippen LogP contribution in [0.1, 0.15) is 22.6 Å². The van der Waals surface area contributed by atoms with Gasteiger partial charge in [0.25, 0.3) is 5.91 Å². The topological polar surface area (TPSA) is 126 Å². The van der Waals surface area contributed by atoms with Crippen molar-refractivity contribution >= 4 is 23.7 Å². The Morgan fingerprint density at radius 2 is 1.52 bits per heavy atom. The second kappa shape index (κ2) is 16.4. The van der Waals surface area contributed by atoms with Crippen molar-refractivity contribution in [2.45, 2.75) is 19.8 Å². The molecule has 0 atom stereocenters. The number of nitrogens with one attached hydrogen (secondary N) is 1. The standard InChI is InChI=1S/C36H33ClF2N6O5/c37-28-8-3-25(4-9-28)23-49-30-10-7-27(33(46)18-30)19-40-42-34(47)20-44-13-15-45(16-14-44)21-35-41-36(43-50-35)26-5-1-24(2-6-26)22-48-29-11-12-31(38)32(39)17-29/h1-12,17-19,46H,13-16,20-23H2,(H,42,47). The predicted molar refractivity (Wildman–Crippen MR) is 182 cm³/mol. The zero-order chi connectivity index (χ0) is 34.9. The molecule has 258 valence electrons. The maximum absolute atomic E-state index is 13.4. The number of hydrogen-bond donors (Lipinski definition) is 2. The zero-order valence-corrected chi connectivity index (χ0v) is 27.5. The van der Waals surface area contributed by atoms with Crippen LogP contribution in [0.25, 0.3) is 11.4 Å². The van der Waals surface area contributed by atoms with E-state index in [0.29, 0.717) is 67.4 Å². The van der Waals surface area contributed by atoms with Crippen molar-refractivity contribution < 1.29 is 32.7 Å². The lowest BCUT2D eigenvalue weighted by Crippen LogP contribution is -2.48. The fourth-order valence-electron chi connectivity index (χ4n) is 5.10.